The van der Waals surface area contributed by atoms with Crippen molar-refractivity contribution in [1.29, 1.82) is 0 Å². The Kier molecular flexibility index (Phi) is 4.53. The Balaban J connectivity index is 2.31. The van der Waals surface area contributed by atoms with Crippen LogP contribution in [-0.4, -0.2) is 23.7 Å². The van der Waals surface area contributed by atoms with Crippen LogP contribution in [0.15, 0.2) is 33.9 Å². The predicted octanol–water partition coefficient (Wildman–Crippen LogP) is 1.28. The van der Waals surface area contributed by atoms with Crippen molar-refractivity contribution in [3.63, 3.8) is 0 Å². The van der Waals surface area contributed by atoms with Gasteiger partial charge in [0.25, 0.3) is 0 Å². The van der Waals surface area contributed by atoms with Gasteiger partial charge in [0, 0.05) is 28.3 Å². The van der Waals surface area contributed by atoms with Crippen LogP contribution in [-0.2, 0) is 23.2 Å². The number of benzene rings is 1. The highest BCUT2D eigenvalue weighted by Gasteiger charge is 2.22. The molecule has 1 aromatic carbocycles. The van der Waals surface area contributed by atoms with E-state index in [9.17, 15) is 12.8 Å². The molecule has 0 fully saturated rings. The van der Waals surface area contributed by atoms with Crippen LogP contribution >= 0.6 is 15.9 Å². The number of hydrogen-bond donors (Lipinski definition) is 3. The first-order valence-electron chi connectivity index (χ1n) is 5.50. The van der Waals surface area contributed by atoms with Crippen LogP contribution in [0, 0.1) is 5.82 Å². The largest absolute Gasteiger partial charge is 0.392 e. The van der Waals surface area contributed by atoms with Crippen molar-refractivity contribution in [1.82, 2.24) is 14.9 Å². The van der Waals surface area contributed by atoms with Gasteiger partial charge in [-0.05, 0) is 12.1 Å². The number of aromatic amines is 1. The molecule has 2 aromatic rings. The molecule has 0 aliphatic carbocycles. The zero-order valence-corrected chi connectivity index (χ0v) is 12.5. The minimum absolute atomic E-state index is 0.0146. The lowest BCUT2D eigenvalue weighted by Gasteiger charge is -2.10. The Morgan fingerprint density at radius 3 is 2.80 bits per heavy atom. The molecule has 1 aromatic heterocycles. The van der Waals surface area contributed by atoms with E-state index in [4.69, 9.17) is 5.11 Å². The fourth-order valence-electron chi connectivity index (χ4n) is 1.56. The summed E-state index contributed by atoms with van der Waals surface area (Å²) >= 11 is 3.09. The SMILES string of the molecule is O=S(=O)(NCc1cn[nH]c1)c1cc(Br)cc(CO)c1F. The minimum atomic E-state index is -4.03. The van der Waals surface area contributed by atoms with Gasteiger partial charge in [-0.2, -0.15) is 5.10 Å². The van der Waals surface area contributed by atoms with Crippen molar-refractivity contribution < 1.29 is 17.9 Å². The highest BCUT2D eigenvalue weighted by atomic mass is 79.9. The smallest absolute Gasteiger partial charge is 0.243 e. The van der Waals surface area contributed by atoms with E-state index < -0.39 is 27.3 Å². The zero-order chi connectivity index (χ0) is 14.8. The molecule has 1 heterocycles. The Labute approximate surface area is 123 Å². The lowest BCUT2D eigenvalue weighted by Crippen LogP contribution is -2.24. The summed E-state index contributed by atoms with van der Waals surface area (Å²) in [6.07, 6.45) is 2.98. The molecule has 0 saturated heterocycles. The van der Waals surface area contributed by atoms with Gasteiger partial charge in [-0.25, -0.2) is 17.5 Å². The summed E-state index contributed by atoms with van der Waals surface area (Å²) in [6, 6.07) is 2.47. The van der Waals surface area contributed by atoms with Crippen molar-refractivity contribution in [2.75, 3.05) is 0 Å². The molecular weight excluding hydrogens is 353 g/mol. The Bertz CT molecular complexity index is 704. The third-order valence-electron chi connectivity index (χ3n) is 2.56. The summed E-state index contributed by atoms with van der Waals surface area (Å²) in [5.74, 6) is -0.963. The monoisotopic (exact) mass is 363 g/mol. The topological polar surface area (TPSA) is 95.1 Å². The molecule has 0 aliphatic heterocycles. The first-order valence-corrected chi connectivity index (χ1v) is 7.78. The van der Waals surface area contributed by atoms with E-state index >= 15 is 0 Å². The van der Waals surface area contributed by atoms with Gasteiger partial charge < -0.3 is 5.11 Å². The van der Waals surface area contributed by atoms with Crippen LogP contribution < -0.4 is 4.72 Å². The van der Waals surface area contributed by atoms with Crippen LogP contribution in [0.2, 0.25) is 0 Å². The van der Waals surface area contributed by atoms with Crippen LogP contribution in [0.5, 0.6) is 0 Å². The quantitative estimate of drug-likeness (QED) is 0.745. The number of aromatic nitrogens is 2. The summed E-state index contributed by atoms with van der Waals surface area (Å²) in [5.41, 5.74) is 0.523. The first-order chi connectivity index (χ1) is 9.44. The van der Waals surface area contributed by atoms with Gasteiger partial charge in [0.2, 0.25) is 10.0 Å². The highest BCUT2D eigenvalue weighted by molar-refractivity contribution is 9.10. The number of aliphatic hydroxyl groups is 1. The van der Waals surface area contributed by atoms with E-state index in [1.165, 1.54) is 18.5 Å². The molecule has 9 heteroatoms. The van der Waals surface area contributed by atoms with E-state index in [1.807, 2.05) is 0 Å². The van der Waals surface area contributed by atoms with Crippen LogP contribution in [0.1, 0.15) is 11.1 Å². The second kappa shape index (κ2) is 6.00. The standard InChI is InChI=1S/C11H11BrFN3O3S/c12-9-1-8(6-17)11(13)10(2-9)20(18,19)16-5-7-3-14-15-4-7/h1-4,16-17H,5-6H2,(H,14,15). The summed E-state index contributed by atoms with van der Waals surface area (Å²) in [5, 5.41) is 15.2. The number of nitrogens with one attached hydrogen (secondary N) is 2. The maximum atomic E-state index is 14.0. The average molecular weight is 364 g/mol. The maximum absolute atomic E-state index is 14.0. The minimum Gasteiger partial charge on any atom is -0.392 e. The van der Waals surface area contributed by atoms with Crippen LogP contribution in [0.3, 0.4) is 0 Å². The van der Waals surface area contributed by atoms with Gasteiger partial charge in [0.15, 0.2) is 0 Å². The third-order valence-corrected chi connectivity index (χ3v) is 4.42. The maximum Gasteiger partial charge on any atom is 0.243 e. The molecule has 0 spiro atoms. The average Bonchev–Trinajstić information content (AvgIpc) is 2.92. The molecular formula is C11H11BrFN3O3S. The highest BCUT2D eigenvalue weighted by Crippen LogP contribution is 2.24. The number of H-pyrrole nitrogens is 1. The van der Waals surface area contributed by atoms with E-state index in [2.05, 4.69) is 30.8 Å². The lowest BCUT2D eigenvalue weighted by atomic mass is 10.2. The van der Waals surface area contributed by atoms with E-state index in [0.29, 0.717) is 10.0 Å². The van der Waals surface area contributed by atoms with Crippen LogP contribution in [0.25, 0.3) is 0 Å². The molecule has 0 unspecified atom stereocenters. The number of hydrogen-bond acceptors (Lipinski definition) is 4. The van der Waals surface area contributed by atoms with Gasteiger partial charge in [0.1, 0.15) is 10.7 Å². The summed E-state index contributed by atoms with van der Waals surface area (Å²) < 4.78 is 40.8. The number of aliphatic hydroxyl groups excluding tert-OH is 1. The fourth-order valence-corrected chi connectivity index (χ4v) is 3.38. The van der Waals surface area contributed by atoms with Crippen molar-refractivity contribution in [3.8, 4) is 0 Å². The molecule has 0 radical (unpaired) electrons. The predicted molar refractivity (Wildman–Crippen MR) is 72.6 cm³/mol. The zero-order valence-electron chi connectivity index (χ0n) is 10.1. The lowest BCUT2D eigenvalue weighted by molar-refractivity contribution is 0.274. The molecule has 2 rings (SSSR count). The fraction of sp³-hybridized carbons (Fsp3) is 0.182. The van der Waals surface area contributed by atoms with Crippen molar-refractivity contribution in [2.24, 2.45) is 0 Å². The second-order valence-corrected chi connectivity index (χ2v) is 6.62. The number of sulfonamides is 1. The molecule has 0 atom stereocenters. The third kappa shape index (κ3) is 3.23. The molecule has 108 valence electrons. The number of nitrogens with zero attached hydrogens (tertiary/aromatic N) is 1. The Morgan fingerprint density at radius 1 is 1.45 bits per heavy atom. The van der Waals surface area contributed by atoms with Gasteiger partial charge >= 0.3 is 0 Å². The van der Waals surface area contributed by atoms with Crippen molar-refractivity contribution in [2.45, 2.75) is 18.0 Å². The van der Waals surface area contributed by atoms with Gasteiger partial charge in [-0.1, -0.05) is 15.9 Å². The summed E-state index contributed by atoms with van der Waals surface area (Å²) in [7, 11) is -4.03. The van der Waals surface area contributed by atoms with E-state index in [0.717, 1.165) is 6.07 Å². The van der Waals surface area contributed by atoms with Crippen molar-refractivity contribution in [3.05, 3.63) is 45.9 Å². The summed E-state index contributed by atoms with van der Waals surface area (Å²) in [4.78, 5) is -0.514. The summed E-state index contributed by atoms with van der Waals surface area (Å²) in [6.45, 7) is -0.602. The Hall–Kier alpha value is -1.29. The first kappa shape index (κ1) is 15.1. The molecule has 0 aliphatic rings. The van der Waals surface area contributed by atoms with E-state index in [1.54, 1.807) is 0 Å². The molecule has 20 heavy (non-hydrogen) atoms. The van der Waals surface area contributed by atoms with E-state index in [-0.39, 0.29) is 12.1 Å². The Morgan fingerprint density at radius 2 is 2.20 bits per heavy atom. The molecule has 0 saturated carbocycles. The molecule has 3 N–H and O–H groups in total. The second-order valence-electron chi connectivity index (χ2n) is 3.97. The molecule has 6 nitrogen and oxygen atoms in total. The van der Waals surface area contributed by atoms with Crippen molar-refractivity contribution >= 4 is 26.0 Å². The van der Waals surface area contributed by atoms with Gasteiger partial charge in [-0.3, -0.25) is 5.10 Å². The van der Waals surface area contributed by atoms with Gasteiger partial charge in [0.05, 0.1) is 12.8 Å². The normalized spacial score (nSPS) is 11.8. The molecule has 0 bridgehead atoms. The van der Waals surface area contributed by atoms with Crippen LogP contribution in [0.4, 0.5) is 4.39 Å². The van der Waals surface area contributed by atoms with Gasteiger partial charge in [-0.15, -0.1) is 0 Å². The molecule has 0 amide bonds. The number of halogens is 2. The number of rotatable bonds is 5.